The molecule has 1 aliphatic rings. The normalized spacial score (nSPS) is 21.8. The molecule has 0 radical (unpaired) electrons. The number of aliphatic hydroxyl groups excluding tert-OH is 1. The van der Waals surface area contributed by atoms with Gasteiger partial charge in [-0.1, -0.05) is 18.0 Å². The number of carbonyl (C=O) groups excluding carboxylic acids is 1. The minimum atomic E-state index is -0.456. The van der Waals surface area contributed by atoms with E-state index in [2.05, 4.69) is 5.32 Å². The SMILES string of the molecule is O=C(COc1ccc(F)cc1Cl)NCC1CCCC1O. The Bertz CT molecular complexity index is 483. The van der Waals surface area contributed by atoms with E-state index in [-0.39, 0.29) is 35.3 Å². The molecule has 0 saturated heterocycles. The van der Waals surface area contributed by atoms with Crippen LogP contribution in [0, 0.1) is 11.7 Å². The maximum atomic E-state index is 12.8. The number of hydrogen-bond donors (Lipinski definition) is 2. The molecule has 1 fully saturated rings. The highest BCUT2D eigenvalue weighted by molar-refractivity contribution is 6.32. The van der Waals surface area contributed by atoms with Crippen molar-refractivity contribution in [2.24, 2.45) is 5.92 Å². The number of ether oxygens (including phenoxy) is 1. The third-order valence-corrected chi connectivity index (χ3v) is 3.73. The van der Waals surface area contributed by atoms with Crippen LogP contribution in [0.15, 0.2) is 18.2 Å². The van der Waals surface area contributed by atoms with Crippen LogP contribution < -0.4 is 10.1 Å². The summed E-state index contributed by atoms with van der Waals surface area (Å²) in [5.41, 5.74) is 0. The number of aliphatic hydroxyl groups is 1. The first kappa shape index (κ1) is 15.1. The van der Waals surface area contributed by atoms with Gasteiger partial charge in [0.05, 0.1) is 11.1 Å². The van der Waals surface area contributed by atoms with Gasteiger partial charge in [0, 0.05) is 12.5 Å². The van der Waals surface area contributed by atoms with Gasteiger partial charge in [-0.05, 0) is 31.0 Å². The van der Waals surface area contributed by atoms with Crippen molar-refractivity contribution >= 4 is 17.5 Å². The van der Waals surface area contributed by atoms with Crippen LogP contribution in [-0.2, 0) is 4.79 Å². The Hall–Kier alpha value is -1.33. The summed E-state index contributed by atoms with van der Waals surface area (Å²) >= 11 is 5.78. The van der Waals surface area contributed by atoms with Crippen LogP contribution in [0.5, 0.6) is 5.75 Å². The lowest BCUT2D eigenvalue weighted by Gasteiger charge is -2.15. The molecule has 2 rings (SSSR count). The summed E-state index contributed by atoms with van der Waals surface area (Å²) in [7, 11) is 0. The molecule has 1 aliphatic carbocycles. The van der Waals surface area contributed by atoms with Gasteiger partial charge in [-0.15, -0.1) is 0 Å². The highest BCUT2D eigenvalue weighted by atomic mass is 35.5. The average molecular weight is 302 g/mol. The van der Waals surface area contributed by atoms with E-state index in [9.17, 15) is 14.3 Å². The van der Waals surface area contributed by atoms with E-state index in [0.29, 0.717) is 6.54 Å². The van der Waals surface area contributed by atoms with Crippen LogP contribution in [0.4, 0.5) is 4.39 Å². The zero-order chi connectivity index (χ0) is 14.5. The van der Waals surface area contributed by atoms with E-state index < -0.39 is 5.82 Å². The van der Waals surface area contributed by atoms with Crippen molar-refractivity contribution in [2.45, 2.75) is 25.4 Å². The first-order valence-electron chi connectivity index (χ1n) is 6.59. The molecule has 20 heavy (non-hydrogen) atoms. The van der Waals surface area contributed by atoms with Gasteiger partial charge in [-0.3, -0.25) is 4.79 Å². The monoisotopic (exact) mass is 301 g/mol. The second kappa shape index (κ2) is 6.90. The van der Waals surface area contributed by atoms with Crippen molar-refractivity contribution < 1.29 is 19.0 Å². The molecule has 0 heterocycles. The molecule has 0 bridgehead atoms. The van der Waals surface area contributed by atoms with E-state index in [0.717, 1.165) is 25.3 Å². The van der Waals surface area contributed by atoms with Crippen LogP contribution in [-0.4, -0.2) is 30.3 Å². The number of hydrogen-bond acceptors (Lipinski definition) is 3. The first-order chi connectivity index (χ1) is 9.56. The Morgan fingerprint density at radius 1 is 1.50 bits per heavy atom. The zero-order valence-electron chi connectivity index (χ0n) is 10.9. The lowest BCUT2D eigenvalue weighted by Crippen LogP contribution is -2.35. The van der Waals surface area contributed by atoms with Crippen LogP contribution in [0.1, 0.15) is 19.3 Å². The zero-order valence-corrected chi connectivity index (χ0v) is 11.7. The summed E-state index contributed by atoms with van der Waals surface area (Å²) in [6.07, 6.45) is 2.38. The predicted molar refractivity (Wildman–Crippen MR) is 73.3 cm³/mol. The number of amides is 1. The number of nitrogens with one attached hydrogen (secondary N) is 1. The Morgan fingerprint density at radius 3 is 2.95 bits per heavy atom. The standard InChI is InChI=1S/C14H17ClFNO3/c15-11-6-10(16)4-5-13(11)20-8-14(19)17-7-9-2-1-3-12(9)18/h4-6,9,12,18H,1-3,7-8H2,(H,17,19). The maximum Gasteiger partial charge on any atom is 0.257 e. The molecule has 4 nitrogen and oxygen atoms in total. The molecular weight excluding hydrogens is 285 g/mol. The Kier molecular flexibility index (Phi) is 5.20. The fourth-order valence-electron chi connectivity index (χ4n) is 2.29. The minimum absolute atomic E-state index is 0.119. The van der Waals surface area contributed by atoms with Crippen molar-refractivity contribution in [3.8, 4) is 5.75 Å². The number of rotatable bonds is 5. The van der Waals surface area contributed by atoms with Crippen LogP contribution in [0.3, 0.4) is 0 Å². The molecule has 110 valence electrons. The van der Waals surface area contributed by atoms with E-state index in [4.69, 9.17) is 16.3 Å². The maximum absolute atomic E-state index is 12.8. The minimum Gasteiger partial charge on any atom is -0.482 e. The number of carbonyl (C=O) groups is 1. The topological polar surface area (TPSA) is 58.6 Å². The van der Waals surface area contributed by atoms with Crippen LogP contribution in [0.2, 0.25) is 5.02 Å². The van der Waals surface area contributed by atoms with Gasteiger partial charge in [0.25, 0.3) is 5.91 Å². The molecule has 0 spiro atoms. The molecule has 2 atom stereocenters. The van der Waals surface area contributed by atoms with Crippen molar-refractivity contribution in [1.29, 1.82) is 0 Å². The van der Waals surface area contributed by atoms with Crippen molar-refractivity contribution in [1.82, 2.24) is 5.32 Å². The van der Waals surface area contributed by atoms with Crippen molar-refractivity contribution in [3.63, 3.8) is 0 Å². The van der Waals surface area contributed by atoms with Crippen molar-refractivity contribution in [3.05, 3.63) is 29.0 Å². The third-order valence-electron chi connectivity index (χ3n) is 3.43. The van der Waals surface area contributed by atoms with Crippen LogP contribution >= 0.6 is 11.6 Å². The second-order valence-electron chi connectivity index (χ2n) is 4.93. The summed E-state index contributed by atoms with van der Waals surface area (Å²) in [5, 5.41) is 12.5. The van der Waals surface area contributed by atoms with E-state index in [1.54, 1.807) is 0 Å². The lowest BCUT2D eigenvalue weighted by molar-refractivity contribution is -0.123. The summed E-state index contributed by atoms with van der Waals surface area (Å²) < 4.78 is 18.1. The molecular formula is C14H17ClFNO3. The molecule has 1 amide bonds. The summed E-state index contributed by atoms with van der Waals surface area (Å²) in [6, 6.07) is 3.73. The van der Waals surface area contributed by atoms with Gasteiger partial charge in [0.15, 0.2) is 6.61 Å². The molecule has 1 saturated carbocycles. The highest BCUT2D eigenvalue weighted by Gasteiger charge is 2.25. The Morgan fingerprint density at radius 2 is 2.30 bits per heavy atom. The third kappa shape index (κ3) is 4.08. The quantitative estimate of drug-likeness (QED) is 0.876. The molecule has 1 aromatic carbocycles. The van der Waals surface area contributed by atoms with Gasteiger partial charge in [-0.25, -0.2) is 4.39 Å². The summed E-state index contributed by atoms with van der Waals surface area (Å²) in [4.78, 5) is 11.6. The Labute approximate surface area is 121 Å². The second-order valence-corrected chi connectivity index (χ2v) is 5.33. The molecule has 2 unspecified atom stereocenters. The van der Waals surface area contributed by atoms with Gasteiger partial charge in [0.2, 0.25) is 0 Å². The molecule has 2 N–H and O–H groups in total. The average Bonchev–Trinajstić information content (AvgIpc) is 2.81. The highest BCUT2D eigenvalue weighted by Crippen LogP contribution is 2.25. The predicted octanol–water partition coefficient (Wildman–Crippen LogP) is 2.14. The first-order valence-corrected chi connectivity index (χ1v) is 6.96. The van der Waals surface area contributed by atoms with Gasteiger partial charge in [-0.2, -0.15) is 0 Å². The summed E-state index contributed by atoms with van der Waals surface area (Å²) in [6.45, 7) is 0.259. The van der Waals surface area contributed by atoms with Gasteiger partial charge >= 0.3 is 0 Å². The van der Waals surface area contributed by atoms with Crippen LogP contribution in [0.25, 0.3) is 0 Å². The lowest BCUT2D eigenvalue weighted by atomic mass is 10.1. The largest absolute Gasteiger partial charge is 0.482 e. The van der Waals surface area contributed by atoms with Gasteiger partial charge < -0.3 is 15.2 Å². The Balaban J connectivity index is 1.74. The molecule has 0 aliphatic heterocycles. The molecule has 6 heteroatoms. The van der Waals surface area contributed by atoms with Crippen molar-refractivity contribution in [2.75, 3.05) is 13.2 Å². The smallest absolute Gasteiger partial charge is 0.257 e. The van der Waals surface area contributed by atoms with E-state index in [1.165, 1.54) is 12.1 Å². The van der Waals surface area contributed by atoms with Gasteiger partial charge in [0.1, 0.15) is 11.6 Å². The van der Waals surface area contributed by atoms with E-state index >= 15 is 0 Å². The number of halogens is 2. The van der Waals surface area contributed by atoms with E-state index in [1.807, 2.05) is 0 Å². The number of benzene rings is 1. The molecule has 1 aromatic rings. The fourth-order valence-corrected chi connectivity index (χ4v) is 2.51. The fraction of sp³-hybridized carbons (Fsp3) is 0.500. The summed E-state index contributed by atoms with van der Waals surface area (Å²) in [5.74, 6) is -0.357. The molecule has 0 aromatic heterocycles.